The maximum Gasteiger partial charge on any atom is 0.231 e. The first-order chi connectivity index (χ1) is 16.3. The number of benzene rings is 2. The maximum atomic E-state index is 13.7. The SMILES string of the molecule is COc1ccc(CN(Cc2ccc(OC)cc2)S(=O)(=O)C(C)C(O)c2cnc(OC)cn2)cc1. The Morgan fingerprint density at radius 3 is 1.71 bits per heavy atom. The molecule has 0 spiro atoms. The summed E-state index contributed by atoms with van der Waals surface area (Å²) in [5, 5.41) is 9.65. The van der Waals surface area contributed by atoms with E-state index in [0.717, 1.165) is 11.1 Å². The van der Waals surface area contributed by atoms with Crippen molar-refractivity contribution in [3.63, 3.8) is 0 Å². The van der Waals surface area contributed by atoms with Gasteiger partial charge >= 0.3 is 0 Å². The number of aliphatic hydroxyl groups excluding tert-OH is 1. The van der Waals surface area contributed by atoms with Gasteiger partial charge in [-0.25, -0.2) is 13.4 Å². The van der Waals surface area contributed by atoms with Crippen molar-refractivity contribution in [3.8, 4) is 17.4 Å². The van der Waals surface area contributed by atoms with Gasteiger partial charge in [0.2, 0.25) is 15.9 Å². The van der Waals surface area contributed by atoms with E-state index in [0.29, 0.717) is 11.5 Å². The molecule has 34 heavy (non-hydrogen) atoms. The summed E-state index contributed by atoms with van der Waals surface area (Å²) in [5.41, 5.74) is 1.71. The van der Waals surface area contributed by atoms with E-state index < -0.39 is 21.4 Å². The van der Waals surface area contributed by atoms with E-state index >= 15 is 0 Å². The summed E-state index contributed by atoms with van der Waals surface area (Å²) in [6, 6.07) is 14.3. The monoisotopic (exact) mass is 487 g/mol. The van der Waals surface area contributed by atoms with Crippen molar-refractivity contribution in [2.75, 3.05) is 21.3 Å². The van der Waals surface area contributed by atoms with Crippen LogP contribution in [0.25, 0.3) is 0 Å². The second-order valence-corrected chi connectivity index (χ2v) is 9.93. The molecule has 3 aromatic rings. The molecule has 1 N–H and O–H groups in total. The van der Waals surface area contributed by atoms with Crippen molar-refractivity contribution in [3.05, 3.63) is 77.7 Å². The van der Waals surface area contributed by atoms with Crippen LogP contribution in [0.15, 0.2) is 60.9 Å². The number of rotatable bonds is 11. The molecule has 182 valence electrons. The average Bonchev–Trinajstić information content (AvgIpc) is 2.88. The molecule has 3 rings (SSSR count). The Morgan fingerprint density at radius 2 is 1.32 bits per heavy atom. The van der Waals surface area contributed by atoms with Crippen LogP contribution in [0, 0.1) is 0 Å². The van der Waals surface area contributed by atoms with Crippen molar-refractivity contribution in [2.24, 2.45) is 0 Å². The summed E-state index contributed by atoms with van der Waals surface area (Å²) in [4.78, 5) is 8.12. The highest BCUT2D eigenvalue weighted by molar-refractivity contribution is 7.89. The molecule has 2 unspecified atom stereocenters. The predicted molar refractivity (Wildman–Crippen MR) is 127 cm³/mol. The minimum Gasteiger partial charge on any atom is -0.497 e. The zero-order chi connectivity index (χ0) is 24.7. The van der Waals surface area contributed by atoms with E-state index in [1.165, 1.54) is 30.7 Å². The van der Waals surface area contributed by atoms with Gasteiger partial charge < -0.3 is 19.3 Å². The lowest BCUT2D eigenvalue weighted by Gasteiger charge is -2.28. The molecule has 1 aromatic heterocycles. The Morgan fingerprint density at radius 1 is 0.824 bits per heavy atom. The minimum atomic E-state index is -3.97. The zero-order valence-electron chi connectivity index (χ0n) is 19.6. The molecule has 0 aliphatic heterocycles. The molecule has 0 fully saturated rings. The van der Waals surface area contributed by atoms with Crippen molar-refractivity contribution < 1.29 is 27.7 Å². The Kier molecular flexibility index (Phi) is 8.43. The fourth-order valence-corrected chi connectivity index (χ4v) is 4.92. The van der Waals surface area contributed by atoms with E-state index in [1.54, 1.807) is 38.5 Å². The molecule has 0 aliphatic rings. The number of hydrogen-bond donors (Lipinski definition) is 1. The van der Waals surface area contributed by atoms with Crippen LogP contribution < -0.4 is 14.2 Å². The second kappa shape index (κ2) is 11.3. The molecule has 1 heterocycles. The lowest BCUT2D eigenvalue weighted by atomic mass is 10.2. The second-order valence-electron chi connectivity index (χ2n) is 7.64. The van der Waals surface area contributed by atoms with E-state index in [-0.39, 0.29) is 24.7 Å². The topological polar surface area (TPSA) is 111 Å². The van der Waals surface area contributed by atoms with E-state index in [9.17, 15) is 13.5 Å². The number of ether oxygens (including phenoxy) is 3. The van der Waals surface area contributed by atoms with Gasteiger partial charge in [-0.05, 0) is 42.3 Å². The minimum absolute atomic E-state index is 0.115. The number of aromatic nitrogens is 2. The van der Waals surface area contributed by atoms with Crippen LogP contribution in [0.1, 0.15) is 29.8 Å². The normalized spacial score (nSPS) is 13.4. The zero-order valence-corrected chi connectivity index (χ0v) is 20.4. The summed E-state index contributed by atoms with van der Waals surface area (Å²) in [5.74, 6) is 1.62. The predicted octanol–water partition coefficient (Wildman–Crippen LogP) is 2.96. The van der Waals surface area contributed by atoms with Crippen LogP contribution in [0.5, 0.6) is 17.4 Å². The average molecular weight is 488 g/mol. The Balaban J connectivity index is 1.90. The standard InChI is InChI=1S/C24H29N3O6S/c1-17(24(28)22-13-26-23(33-4)14-25-22)34(29,30)27(15-18-5-9-20(31-2)10-6-18)16-19-7-11-21(32-3)12-8-19/h5-14,17,24,28H,15-16H2,1-4H3. The molecule has 2 atom stereocenters. The van der Waals surface area contributed by atoms with E-state index in [1.807, 2.05) is 24.3 Å². The first-order valence-electron chi connectivity index (χ1n) is 10.6. The fourth-order valence-electron chi connectivity index (χ4n) is 3.33. The van der Waals surface area contributed by atoms with E-state index in [4.69, 9.17) is 14.2 Å². The van der Waals surface area contributed by atoms with Gasteiger partial charge in [-0.3, -0.25) is 4.98 Å². The quantitative estimate of drug-likeness (QED) is 0.440. The first kappa shape index (κ1) is 25.4. The molecule has 2 aromatic carbocycles. The molecule has 0 aliphatic carbocycles. The maximum absolute atomic E-state index is 13.7. The smallest absolute Gasteiger partial charge is 0.231 e. The third kappa shape index (κ3) is 6.02. The molecular formula is C24H29N3O6S. The van der Waals surface area contributed by atoms with Crippen LogP contribution in [0.2, 0.25) is 0 Å². The Hall–Kier alpha value is -3.21. The lowest BCUT2D eigenvalue weighted by Crippen LogP contribution is -2.39. The Bertz CT molecular complexity index is 1100. The van der Waals surface area contributed by atoms with Crippen molar-refractivity contribution in [1.82, 2.24) is 14.3 Å². The number of methoxy groups -OCH3 is 3. The molecular weight excluding hydrogens is 458 g/mol. The van der Waals surface area contributed by atoms with Gasteiger partial charge in [0.25, 0.3) is 0 Å². The highest BCUT2D eigenvalue weighted by Crippen LogP contribution is 2.27. The van der Waals surface area contributed by atoms with Gasteiger partial charge in [0, 0.05) is 13.1 Å². The molecule has 10 heteroatoms. The van der Waals surface area contributed by atoms with Crippen molar-refractivity contribution >= 4 is 10.0 Å². The van der Waals surface area contributed by atoms with Gasteiger partial charge in [-0.1, -0.05) is 24.3 Å². The van der Waals surface area contributed by atoms with Gasteiger partial charge in [-0.15, -0.1) is 0 Å². The largest absolute Gasteiger partial charge is 0.497 e. The summed E-state index contributed by atoms with van der Waals surface area (Å²) >= 11 is 0. The van der Waals surface area contributed by atoms with Crippen LogP contribution >= 0.6 is 0 Å². The van der Waals surface area contributed by atoms with Gasteiger partial charge in [0.1, 0.15) is 22.9 Å². The lowest BCUT2D eigenvalue weighted by molar-refractivity contribution is 0.167. The highest BCUT2D eigenvalue weighted by atomic mass is 32.2. The van der Waals surface area contributed by atoms with Gasteiger partial charge in [0.15, 0.2) is 0 Å². The first-order valence-corrected chi connectivity index (χ1v) is 12.1. The molecule has 0 bridgehead atoms. The number of hydrogen-bond acceptors (Lipinski definition) is 8. The van der Waals surface area contributed by atoms with Crippen molar-refractivity contribution in [2.45, 2.75) is 31.4 Å². The van der Waals surface area contributed by atoms with Gasteiger partial charge in [0.05, 0.1) is 39.4 Å². The van der Waals surface area contributed by atoms with Crippen LogP contribution in [0.3, 0.4) is 0 Å². The van der Waals surface area contributed by atoms with E-state index in [2.05, 4.69) is 9.97 Å². The van der Waals surface area contributed by atoms with Crippen molar-refractivity contribution in [1.29, 1.82) is 0 Å². The van der Waals surface area contributed by atoms with Gasteiger partial charge in [-0.2, -0.15) is 4.31 Å². The summed E-state index contributed by atoms with van der Waals surface area (Å²) in [6.45, 7) is 1.69. The Labute approximate surface area is 200 Å². The molecule has 0 amide bonds. The fraction of sp³-hybridized carbons (Fsp3) is 0.333. The molecule has 0 saturated heterocycles. The number of nitrogens with zero attached hydrogens (tertiary/aromatic N) is 3. The summed E-state index contributed by atoms with van der Waals surface area (Å²) < 4.78 is 44.1. The highest BCUT2D eigenvalue weighted by Gasteiger charge is 2.35. The summed E-state index contributed by atoms with van der Waals surface area (Å²) in [7, 11) is 0.618. The third-order valence-corrected chi connectivity index (χ3v) is 7.65. The molecule has 0 saturated carbocycles. The molecule has 9 nitrogen and oxygen atoms in total. The van der Waals surface area contributed by atoms with Crippen LogP contribution in [0.4, 0.5) is 0 Å². The van der Waals surface area contributed by atoms with Crippen LogP contribution in [-0.4, -0.2) is 54.4 Å². The van der Waals surface area contributed by atoms with Crippen LogP contribution in [-0.2, 0) is 23.1 Å². The number of sulfonamides is 1. The third-order valence-electron chi connectivity index (χ3n) is 5.47. The number of aliphatic hydroxyl groups is 1. The molecule has 0 radical (unpaired) electrons. The summed E-state index contributed by atoms with van der Waals surface area (Å²) in [6.07, 6.45) is 1.27.